The van der Waals surface area contributed by atoms with E-state index in [4.69, 9.17) is 0 Å². The second-order valence-corrected chi connectivity index (χ2v) is 6.15. The minimum Gasteiger partial charge on any atom is -0.376 e. The summed E-state index contributed by atoms with van der Waals surface area (Å²) in [5.41, 5.74) is 5.20. The van der Waals surface area contributed by atoms with Crippen molar-refractivity contribution in [1.29, 1.82) is 0 Å². The van der Waals surface area contributed by atoms with Gasteiger partial charge in [-0.05, 0) is 67.8 Å². The number of carbonyl (C=O) groups is 1. The van der Waals surface area contributed by atoms with Crippen LogP contribution in [0.25, 0.3) is 0 Å². The Kier molecular flexibility index (Phi) is 5.02. The molecule has 0 aromatic heterocycles. The largest absolute Gasteiger partial charge is 0.376 e. The van der Waals surface area contributed by atoms with Crippen LogP contribution in [0.15, 0.2) is 40.9 Å². The molecule has 0 unspecified atom stereocenters. The molecule has 0 saturated carbocycles. The predicted octanol–water partition coefficient (Wildman–Crippen LogP) is 4.42. The fourth-order valence-electron chi connectivity index (χ4n) is 2.22. The van der Waals surface area contributed by atoms with Crippen molar-refractivity contribution >= 4 is 33.2 Å². The molecule has 3 nitrogen and oxygen atoms in total. The normalized spacial score (nSPS) is 10.3. The first-order chi connectivity index (χ1) is 9.94. The van der Waals surface area contributed by atoms with Gasteiger partial charge >= 0.3 is 0 Å². The molecule has 2 rings (SSSR count). The maximum Gasteiger partial charge on any atom is 0.243 e. The van der Waals surface area contributed by atoms with Gasteiger partial charge in [0.25, 0.3) is 0 Å². The summed E-state index contributed by atoms with van der Waals surface area (Å²) >= 11 is 3.41. The molecule has 2 aromatic rings. The standard InChI is InChI=1S/C17H19BrN2O/c1-11-6-12(2)8-15(7-11)19-10-17(21)20-16-5-4-14(18)9-13(16)3/h4-9,19H,10H2,1-3H3,(H,20,21). The maximum atomic E-state index is 12.0. The van der Waals surface area contributed by atoms with Crippen LogP contribution in [0.3, 0.4) is 0 Å². The molecule has 0 heterocycles. The van der Waals surface area contributed by atoms with Crippen molar-refractivity contribution in [2.24, 2.45) is 0 Å². The van der Waals surface area contributed by atoms with E-state index < -0.39 is 0 Å². The highest BCUT2D eigenvalue weighted by Gasteiger charge is 2.05. The van der Waals surface area contributed by atoms with Crippen LogP contribution in [0, 0.1) is 20.8 Å². The second-order valence-electron chi connectivity index (χ2n) is 5.24. The van der Waals surface area contributed by atoms with E-state index >= 15 is 0 Å². The molecule has 1 amide bonds. The number of rotatable bonds is 4. The summed E-state index contributed by atoms with van der Waals surface area (Å²) in [5.74, 6) is -0.0559. The van der Waals surface area contributed by atoms with Crippen LogP contribution < -0.4 is 10.6 Å². The molecule has 21 heavy (non-hydrogen) atoms. The number of benzene rings is 2. The molecule has 0 saturated heterocycles. The SMILES string of the molecule is Cc1cc(C)cc(NCC(=O)Nc2ccc(Br)cc2C)c1. The predicted molar refractivity (Wildman–Crippen MR) is 91.9 cm³/mol. The zero-order chi connectivity index (χ0) is 15.4. The average molecular weight is 347 g/mol. The van der Waals surface area contributed by atoms with Crippen LogP contribution in [0.5, 0.6) is 0 Å². The van der Waals surface area contributed by atoms with Crippen molar-refractivity contribution in [3.05, 3.63) is 57.6 Å². The van der Waals surface area contributed by atoms with Gasteiger partial charge < -0.3 is 10.6 Å². The summed E-state index contributed by atoms with van der Waals surface area (Å²) in [6.07, 6.45) is 0. The van der Waals surface area contributed by atoms with E-state index in [0.717, 1.165) is 21.4 Å². The summed E-state index contributed by atoms with van der Waals surface area (Å²) in [5, 5.41) is 6.07. The number of aryl methyl sites for hydroxylation is 3. The molecule has 0 aliphatic rings. The van der Waals surface area contributed by atoms with Crippen molar-refractivity contribution in [3.63, 3.8) is 0 Å². The molecule has 0 spiro atoms. The Labute approximate surface area is 133 Å². The summed E-state index contributed by atoms with van der Waals surface area (Å²) in [6, 6.07) is 12.0. The van der Waals surface area contributed by atoms with E-state index in [-0.39, 0.29) is 12.5 Å². The fraction of sp³-hybridized carbons (Fsp3) is 0.235. The first-order valence-electron chi connectivity index (χ1n) is 6.82. The van der Waals surface area contributed by atoms with Gasteiger partial charge in [-0.3, -0.25) is 4.79 Å². The smallest absolute Gasteiger partial charge is 0.243 e. The number of carbonyl (C=O) groups excluding carboxylic acids is 1. The van der Waals surface area contributed by atoms with Gasteiger partial charge in [-0.15, -0.1) is 0 Å². The minimum atomic E-state index is -0.0559. The van der Waals surface area contributed by atoms with E-state index in [9.17, 15) is 4.79 Å². The Morgan fingerprint density at radius 1 is 1.05 bits per heavy atom. The summed E-state index contributed by atoms with van der Waals surface area (Å²) < 4.78 is 1.01. The van der Waals surface area contributed by atoms with Crippen molar-refractivity contribution in [1.82, 2.24) is 0 Å². The van der Waals surface area contributed by atoms with Gasteiger partial charge in [0.05, 0.1) is 6.54 Å². The molecule has 0 aliphatic heterocycles. The molecule has 4 heteroatoms. The Morgan fingerprint density at radius 3 is 2.33 bits per heavy atom. The van der Waals surface area contributed by atoms with Crippen molar-refractivity contribution in [2.45, 2.75) is 20.8 Å². The molecule has 2 N–H and O–H groups in total. The Hall–Kier alpha value is -1.81. The Bertz CT molecular complexity index is 648. The molecule has 0 aliphatic carbocycles. The van der Waals surface area contributed by atoms with E-state index in [1.807, 2.05) is 51.1 Å². The van der Waals surface area contributed by atoms with Crippen molar-refractivity contribution in [3.8, 4) is 0 Å². The van der Waals surface area contributed by atoms with Crippen LogP contribution in [-0.4, -0.2) is 12.5 Å². The molecule has 0 fully saturated rings. The van der Waals surface area contributed by atoms with Crippen LogP contribution in [0.4, 0.5) is 11.4 Å². The highest BCUT2D eigenvalue weighted by atomic mass is 79.9. The lowest BCUT2D eigenvalue weighted by molar-refractivity contribution is -0.114. The van der Waals surface area contributed by atoms with Gasteiger partial charge in [-0.2, -0.15) is 0 Å². The number of halogens is 1. The van der Waals surface area contributed by atoms with Gasteiger partial charge in [-0.1, -0.05) is 22.0 Å². The average Bonchev–Trinajstić information content (AvgIpc) is 2.39. The van der Waals surface area contributed by atoms with Crippen molar-refractivity contribution < 1.29 is 4.79 Å². The van der Waals surface area contributed by atoms with Crippen molar-refractivity contribution in [2.75, 3.05) is 17.2 Å². The van der Waals surface area contributed by atoms with Gasteiger partial charge in [0.15, 0.2) is 0 Å². The first kappa shape index (κ1) is 15.6. The van der Waals surface area contributed by atoms with Crippen LogP contribution >= 0.6 is 15.9 Å². The zero-order valence-corrected chi connectivity index (χ0v) is 14.0. The van der Waals surface area contributed by atoms with Gasteiger partial charge in [0, 0.05) is 15.8 Å². The number of hydrogen-bond acceptors (Lipinski definition) is 2. The first-order valence-corrected chi connectivity index (χ1v) is 7.61. The molecular weight excluding hydrogens is 328 g/mol. The van der Waals surface area contributed by atoms with Gasteiger partial charge in [0.2, 0.25) is 5.91 Å². The van der Waals surface area contributed by atoms with E-state index in [2.05, 4.69) is 32.6 Å². The van der Waals surface area contributed by atoms with Gasteiger partial charge in [0.1, 0.15) is 0 Å². The van der Waals surface area contributed by atoms with E-state index in [1.54, 1.807) is 0 Å². The number of hydrogen-bond donors (Lipinski definition) is 2. The summed E-state index contributed by atoms with van der Waals surface area (Å²) in [4.78, 5) is 12.0. The summed E-state index contributed by atoms with van der Waals surface area (Å²) in [6.45, 7) is 6.31. The maximum absolute atomic E-state index is 12.0. The molecule has 0 atom stereocenters. The lowest BCUT2D eigenvalue weighted by Crippen LogP contribution is -2.22. The minimum absolute atomic E-state index is 0.0559. The third kappa shape index (κ3) is 4.60. The number of amides is 1. The monoisotopic (exact) mass is 346 g/mol. The third-order valence-electron chi connectivity index (χ3n) is 3.14. The number of anilines is 2. The highest BCUT2D eigenvalue weighted by Crippen LogP contribution is 2.20. The topological polar surface area (TPSA) is 41.1 Å². The molecular formula is C17H19BrN2O. The Balaban J connectivity index is 1.95. The van der Waals surface area contributed by atoms with Crippen LogP contribution in [0.1, 0.15) is 16.7 Å². The summed E-state index contributed by atoms with van der Waals surface area (Å²) in [7, 11) is 0. The van der Waals surface area contributed by atoms with E-state index in [0.29, 0.717) is 0 Å². The molecule has 0 radical (unpaired) electrons. The molecule has 110 valence electrons. The lowest BCUT2D eigenvalue weighted by Gasteiger charge is -2.11. The third-order valence-corrected chi connectivity index (χ3v) is 3.63. The quantitative estimate of drug-likeness (QED) is 0.859. The van der Waals surface area contributed by atoms with Crippen LogP contribution in [-0.2, 0) is 4.79 Å². The lowest BCUT2D eigenvalue weighted by atomic mass is 10.1. The second kappa shape index (κ2) is 6.76. The fourth-order valence-corrected chi connectivity index (χ4v) is 2.70. The van der Waals surface area contributed by atoms with Crippen LogP contribution in [0.2, 0.25) is 0 Å². The Morgan fingerprint density at radius 2 is 1.71 bits per heavy atom. The van der Waals surface area contributed by atoms with E-state index in [1.165, 1.54) is 11.1 Å². The molecule has 0 bridgehead atoms. The van der Waals surface area contributed by atoms with Gasteiger partial charge in [-0.25, -0.2) is 0 Å². The zero-order valence-electron chi connectivity index (χ0n) is 12.5. The highest BCUT2D eigenvalue weighted by molar-refractivity contribution is 9.10. The number of nitrogens with one attached hydrogen (secondary N) is 2. The molecule has 2 aromatic carbocycles.